The number of rotatable bonds is 2. The molecule has 2 heterocycles. The first-order valence-electron chi connectivity index (χ1n) is 4.36. The third-order valence-electron chi connectivity index (χ3n) is 2.14. The van der Waals surface area contributed by atoms with Gasteiger partial charge in [0.25, 0.3) is 0 Å². The smallest absolute Gasteiger partial charge is 0.141 e. The van der Waals surface area contributed by atoms with E-state index in [9.17, 15) is 9.50 Å². The zero-order valence-corrected chi connectivity index (χ0v) is 7.48. The molecule has 0 fully saturated rings. The van der Waals surface area contributed by atoms with Gasteiger partial charge < -0.3 is 9.84 Å². The highest BCUT2D eigenvalue weighted by Gasteiger charge is 2.17. The van der Waals surface area contributed by atoms with E-state index in [4.69, 9.17) is 4.74 Å². The summed E-state index contributed by atoms with van der Waals surface area (Å²) in [5.41, 5.74) is 1.22. The van der Waals surface area contributed by atoms with Crippen LogP contribution in [0.2, 0.25) is 0 Å². The van der Waals surface area contributed by atoms with Gasteiger partial charge >= 0.3 is 0 Å². The van der Waals surface area contributed by atoms with E-state index in [-0.39, 0.29) is 0 Å². The highest BCUT2D eigenvalue weighted by Crippen LogP contribution is 2.26. The standard InChI is InChI=1S/C10H10FNO2/c11-9-3-8(4-12-5-9)10(13)7-1-2-14-6-7/h3-6,10,13H,1-2H2. The number of pyridine rings is 1. The summed E-state index contributed by atoms with van der Waals surface area (Å²) in [4.78, 5) is 3.67. The third kappa shape index (κ3) is 1.75. The van der Waals surface area contributed by atoms with Crippen molar-refractivity contribution in [1.29, 1.82) is 0 Å². The summed E-state index contributed by atoms with van der Waals surface area (Å²) in [5, 5.41) is 9.79. The zero-order chi connectivity index (χ0) is 9.97. The number of aliphatic hydroxyl groups is 1. The van der Waals surface area contributed by atoms with Gasteiger partial charge in [-0.05, 0) is 6.07 Å². The summed E-state index contributed by atoms with van der Waals surface area (Å²) in [6.07, 6.45) is 3.95. The molecule has 4 heteroatoms. The molecular formula is C10H10FNO2. The molecule has 74 valence electrons. The second-order valence-electron chi connectivity index (χ2n) is 3.15. The first-order valence-corrected chi connectivity index (χ1v) is 4.36. The largest absolute Gasteiger partial charge is 0.501 e. The fourth-order valence-electron chi connectivity index (χ4n) is 1.39. The van der Waals surface area contributed by atoms with Crippen molar-refractivity contribution in [3.05, 3.63) is 41.7 Å². The van der Waals surface area contributed by atoms with E-state index in [0.29, 0.717) is 18.6 Å². The Morgan fingerprint density at radius 2 is 2.36 bits per heavy atom. The van der Waals surface area contributed by atoms with Crippen LogP contribution in [0.4, 0.5) is 4.39 Å². The van der Waals surface area contributed by atoms with Gasteiger partial charge in [0, 0.05) is 23.8 Å². The van der Waals surface area contributed by atoms with Crippen LogP contribution in [-0.4, -0.2) is 16.7 Å². The van der Waals surface area contributed by atoms with Gasteiger partial charge in [0.1, 0.15) is 11.9 Å². The molecule has 0 radical (unpaired) electrons. The van der Waals surface area contributed by atoms with Crippen molar-refractivity contribution in [2.45, 2.75) is 12.5 Å². The molecule has 0 aromatic carbocycles. The molecule has 1 aromatic heterocycles. The van der Waals surface area contributed by atoms with Crippen molar-refractivity contribution >= 4 is 0 Å². The second-order valence-corrected chi connectivity index (χ2v) is 3.15. The van der Waals surface area contributed by atoms with E-state index < -0.39 is 11.9 Å². The van der Waals surface area contributed by atoms with E-state index in [1.807, 2.05) is 0 Å². The van der Waals surface area contributed by atoms with Crippen LogP contribution in [0.5, 0.6) is 0 Å². The van der Waals surface area contributed by atoms with Crippen molar-refractivity contribution in [2.24, 2.45) is 0 Å². The molecule has 1 aromatic rings. The number of nitrogens with zero attached hydrogens (tertiary/aromatic N) is 1. The Labute approximate surface area is 80.9 Å². The maximum atomic E-state index is 12.8. The number of aromatic nitrogens is 1. The maximum Gasteiger partial charge on any atom is 0.141 e. The molecule has 1 aliphatic heterocycles. The molecule has 3 nitrogen and oxygen atoms in total. The number of hydrogen-bond donors (Lipinski definition) is 1. The Morgan fingerprint density at radius 3 is 3.00 bits per heavy atom. The first kappa shape index (κ1) is 9.15. The molecule has 1 unspecified atom stereocenters. The molecule has 0 spiro atoms. The topological polar surface area (TPSA) is 42.4 Å². The lowest BCUT2D eigenvalue weighted by Crippen LogP contribution is -2.01. The Kier molecular flexibility index (Phi) is 2.45. The van der Waals surface area contributed by atoms with Crippen LogP contribution in [0, 0.1) is 5.82 Å². The van der Waals surface area contributed by atoms with Crippen LogP contribution < -0.4 is 0 Å². The SMILES string of the molecule is OC(C1=COCC1)c1cncc(F)c1. The Bertz CT molecular complexity index is 365. The van der Waals surface area contributed by atoms with Crippen LogP contribution >= 0.6 is 0 Å². The van der Waals surface area contributed by atoms with Gasteiger partial charge in [-0.25, -0.2) is 4.39 Å². The number of ether oxygens (including phenoxy) is 1. The van der Waals surface area contributed by atoms with Gasteiger partial charge in [-0.2, -0.15) is 0 Å². The highest BCUT2D eigenvalue weighted by molar-refractivity contribution is 5.23. The van der Waals surface area contributed by atoms with Gasteiger partial charge in [-0.1, -0.05) is 0 Å². The number of halogens is 1. The van der Waals surface area contributed by atoms with Gasteiger partial charge in [-0.15, -0.1) is 0 Å². The molecule has 1 aliphatic rings. The third-order valence-corrected chi connectivity index (χ3v) is 2.14. The second kappa shape index (κ2) is 3.75. The van der Waals surface area contributed by atoms with Crippen LogP contribution in [0.3, 0.4) is 0 Å². The molecule has 0 saturated carbocycles. The van der Waals surface area contributed by atoms with Gasteiger partial charge in [0.15, 0.2) is 0 Å². The van der Waals surface area contributed by atoms with E-state index in [1.54, 1.807) is 0 Å². The van der Waals surface area contributed by atoms with E-state index in [0.717, 1.165) is 11.8 Å². The van der Waals surface area contributed by atoms with Gasteiger partial charge in [-0.3, -0.25) is 4.98 Å². The van der Waals surface area contributed by atoms with Crippen molar-refractivity contribution in [3.8, 4) is 0 Å². The quantitative estimate of drug-likeness (QED) is 0.778. The molecule has 14 heavy (non-hydrogen) atoms. The number of aliphatic hydroxyl groups excluding tert-OH is 1. The average molecular weight is 195 g/mol. The van der Waals surface area contributed by atoms with Crippen molar-refractivity contribution < 1.29 is 14.2 Å². The molecule has 0 saturated heterocycles. The fraction of sp³-hybridized carbons (Fsp3) is 0.300. The minimum Gasteiger partial charge on any atom is -0.501 e. The van der Waals surface area contributed by atoms with E-state index in [2.05, 4.69) is 4.98 Å². The fourth-order valence-corrected chi connectivity index (χ4v) is 1.39. The molecule has 0 amide bonds. The monoisotopic (exact) mass is 195 g/mol. The van der Waals surface area contributed by atoms with Crippen molar-refractivity contribution in [2.75, 3.05) is 6.61 Å². The van der Waals surface area contributed by atoms with Gasteiger partial charge in [0.2, 0.25) is 0 Å². The van der Waals surface area contributed by atoms with Crippen LogP contribution in [0.15, 0.2) is 30.3 Å². The Hall–Kier alpha value is -1.42. The summed E-state index contributed by atoms with van der Waals surface area (Å²) in [5.74, 6) is -0.443. The van der Waals surface area contributed by atoms with Crippen LogP contribution in [0.25, 0.3) is 0 Å². The summed E-state index contributed by atoms with van der Waals surface area (Å²) < 4.78 is 17.8. The summed E-state index contributed by atoms with van der Waals surface area (Å²) in [7, 11) is 0. The summed E-state index contributed by atoms with van der Waals surface area (Å²) in [6, 6.07) is 1.27. The lowest BCUT2D eigenvalue weighted by atomic mass is 10.0. The van der Waals surface area contributed by atoms with Crippen molar-refractivity contribution in [1.82, 2.24) is 4.98 Å². The maximum absolute atomic E-state index is 12.8. The minimum atomic E-state index is -0.805. The van der Waals surface area contributed by atoms with Crippen LogP contribution in [0.1, 0.15) is 18.1 Å². The molecule has 1 atom stereocenters. The summed E-state index contributed by atoms with van der Waals surface area (Å²) >= 11 is 0. The van der Waals surface area contributed by atoms with Crippen molar-refractivity contribution in [3.63, 3.8) is 0 Å². The number of hydrogen-bond acceptors (Lipinski definition) is 3. The van der Waals surface area contributed by atoms with Gasteiger partial charge in [0.05, 0.1) is 19.1 Å². The Morgan fingerprint density at radius 1 is 1.50 bits per heavy atom. The molecule has 1 N–H and O–H groups in total. The van der Waals surface area contributed by atoms with E-state index in [1.165, 1.54) is 18.5 Å². The normalized spacial score (nSPS) is 17.4. The Balaban J connectivity index is 2.22. The minimum absolute atomic E-state index is 0.443. The summed E-state index contributed by atoms with van der Waals surface area (Å²) in [6.45, 7) is 0.579. The van der Waals surface area contributed by atoms with Crippen LogP contribution in [-0.2, 0) is 4.74 Å². The molecule has 2 rings (SSSR count). The highest BCUT2D eigenvalue weighted by atomic mass is 19.1. The molecular weight excluding hydrogens is 185 g/mol. The first-order chi connectivity index (χ1) is 6.77. The average Bonchev–Trinajstić information content (AvgIpc) is 2.69. The predicted octanol–water partition coefficient (Wildman–Crippen LogP) is 1.56. The molecule has 0 bridgehead atoms. The lowest BCUT2D eigenvalue weighted by molar-refractivity contribution is 0.212. The zero-order valence-electron chi connectivity index (χ0n) is 7.48. The lowest BCUT2D eigenvalue weighted by Gasteiger charge is -2.09. The molecule has 0 aliphatic carbocycles. The predicted molar refractivity (Wildman–Crippen MR) is 47.8 cm³/mol. The van der Waals surface area contributed by atoms with E-state index >= 15 is 0 Å².